The van der Waals surface area contributed by atoms with Crippen LogP contribution in [0.1, 0.15) is 17.8 Å². The van der Waals surface area contributed by atoms with Crippen LogP contribution in [0.4, 0.5) is 4.79 Å². The number of amides is 1. The summed E-state index contributed by atoms with van der Waals surface area (Å²) in [5, 5.41) is 22.0. The predicted octanol–water partition coefficient (Wildman–Crippen LogP) is 1.52. The van der Waals surface area contributed by atoms with E-state index < -0.39 is 6.09 Å². The Labute approximate surface area is 147 Å². The number of aliphatic hydroxyl groups excluding tert-OH is 1. The molecule has 5 N–H and O–H groups in total. The summed E-state index contributed by atoms with van der Waals surface area (Å²) in [7, 11) is 1.67. The van der Waals surface area contributed by atoms with Crippen LogP contribution in [0.25, 0.3) is 0 Å². The second-order valence-corrected chi connectivity index (χ2v) is 5.36. The molecule has 1 aliphatic rings. The molecular weight excluding hydrogens is 324 g/mol. The fourth-order valence-corrected chi connectivity index (χ4v) is 1.87. The highest BCUT2D eigenvalue weighted by molar-refractivity contribution is 5.64. The highest BCUT2D eigenvalue weighted by atomic mass is 16.5. The Morgan fingerprint density at radius 2 is 2.12 bits per heavy atom. The van der Waals surface area contributed by atoms with Crippen molar-refractivity contribution in [3.05, 3.63) is 48.0 Å². The van der Waals surface area contributed by atoms with Gasteiger partial charge in [0.2, 0.25) is 0 Å². The van der Waals surface area contributed by atoms with Crippen LogP contribution in [0.3, 0.4) is 0 Å². The first-order valence-corrected chi connectivity index (χ1v) is 7.95. The fourth-order valence-electron chi connectivity index (χ4n) is 1.87. The quantitative estimate of drug-likeness (QED) is 0.573. The molecule has 2 heterocycles. The summed E-state index contributed by atoms with van der Waals surface area (Å²) >= 11 is 0. The van der Waals surface area contributed by atoms with E-state index in [2.05, 4.69) is 27.5 Å². The number of nitrogens with one attached hydrogen (secondary N) is 3. The summed E-state index contributed by atoms with van der Waals surface area (Å²) in [5.74, 6) is 1.53. The van der Waals surface area contributed by atoms with E-state index in [-0.39, 0.29) is 12.6 Å². The number of ether oxygens (including phenoxy) is 1. The maximum atomic E-state index is 9.94. The first-order valence-electron chi connectivity index (χ1n) is 7.95. The third-order valence-electron chi connectivity index (χ3n) is 3.25. The van der Waals surface area contributed by atoms with Gasteiger partial charge in [0.25, 0.3) is 0 Å². The first kappa shape index (κ1) is 20.5. The van der Waals surface area contributed by atoms with Gasteiger partial charge in [0.15, 0.2) is 0 Å². The van der Waals surface area contributed by atoms with E-state index in [1.54, 1.807) is 19.5 Å². The lowest BCUT2D eigenvalue weighted by molar-refractivity contribution is 0.193. The number of aryl methyl sites for hydroxylation is 1. The normalized spacial score (nSPS) is 15.2. The third kappa shape index (κ3) is 10.0. The van der Waals surface area contributed by atoms with E-state index in [9.17, 15) is 4.79 Å². The highest BCUT2D eigenvalue weighted by Crippen LogP contribution is 2.09. The molecule has 8 heteroatoms. The molecule has 0 saturated carbocycles. The lowest BCUT2D eigenvalue weighted by Crippen LogP contribution is -2.20. The average Bonchev–Trinajstić information content (AvgIpc) is 3.28. The monoisotopic (exact) mass is 350 g/mol. The molecule has 0 radical (unpaired) electrons. The first-order chi connectivity index (χ1) is 12.0. The molecule has 1 unspecified atom stereocenters. The van der Waals surface area contributed by atoms with Gasteiger partial charge in [0.1, 0.15) is 11.6 Å². The van der Waals surface area contributed by atoms with Crippen molar-refractivity contribution in [2.45, 2.75) is 26.0 Å². The molecule has 1 amide bonds. The van der Waals surface area contributed by atoms with Gasteiger partial charge in [-0.1, -0.05) is 17.7 Å². The number of methoxy groups -OCH3 is 1. The molecule has 1 aromatic heterocycles. The Kier molecular flexibility index (Phi) is 9.72. The van der Waals surface area contributed by atoms with Crippen molar-refractivity contribution in [3.63, 3.8) is 0 Å². The Hall–Kier alpha value is -2.58. The Morgan fingerprint density at radius 3 is 2.52 bits per heavy atom. The number of aromatic amines is 1. The predicted molar refractivity (Wildman–Crippen MR) is 94.7 cm³/mol. The highest BCUT2D eigenvalue weighted by Gasteiger charge is 2.08. The van der Waals surface area contributed by atoms with Gasteiger partial charge in [0, 0.05) is 18.9 Å². The van der Waals surface area contributed by atoms with Crippen LogP contribution < -0.4 is 15.4 Å². The molecule has 25 heavy (non-hydrogen) atoms. The number of nitrogens with zero attached hydrogens (tertiary/aromatic N) is 1. The van der Waals surface area contributed by atoms with E-state index in [1.807, 2.05) is 24.3 Å². The van der Waals surface area contributed by atoms with Gasteiger partial charge in [-0.05, 0) is 32.0 Å². The molecule has 1 aromatic carbocycles. The molecule has 1 aliphatic heterocycles. The van der Waals surface area contributed by atoms with Crippen LogP contribution >= 0.6 is 0 Å². The number of H-pyrrole nitrogens is 1. The van der Waals surface area contributed by atoms with Gasteiger partial charge in [-0.25, -0.2) is 9.78 Å². The van der Waals surface area contributed by atoms with Gasteiger partial charge < -0.3 is 30.6 Å². The summed E-state index contributed by atoms with van der Waals surface area (Å²) in [4.78, 5) is 16.5. The smallest absolute Gasteiger partial charge is 0.405 e. The molecule has 1 saturated heterocycles. The molecule has 1 atom stereocenters. The Bertz CT molecular complexity index is 581. The molecule has 0 spiro atoms. The topological polar surface area (TPSA) is 120 Å². The summed E-state index contributed by atoms with van der Waals surface area (Å²) in [6.45, 7) is 4.06. The Balaban J connectivity index is 0.000000193. The summed E-state index contributed by atoms with van der Waals surface area (Å²) in [6, 6.07) is 7.96. The molecule has 0 bridgehead atoms. The number of hydrogen-bond acceptors (Lipinski definition) is 5. The third-order valence-corrected chi connectivity index (χ3v) is 3.25. The van der Waals surface area contributed by atoms with Gasteiger partial charge in [-0.15, -0.1) is 0 Å². The van der Waals surface area contributed by atoms with Crippen molar-refractivity contribution < 1.29 is 19.7 Å². The minimum absolute atomic E-state index is 0.0648. The second kappa shape index (κ2) is 11.9. The number of rotatable bonds is 3. The van der Waals surface area contributed by atoms with Gasteiger partial charge in [-0.2, -0.15) is 0 Å². The van der Waals surface area contributed by atoms with E-state index in [0.29, 0.717) is 5.82 Å². The lowest BCUT2D eigenvalue weighted by atomic mass is 10.2. The van der Waals surface area contributed by atoms with Crippen LogP contribution in [-0.2, 0) is 6.54 Å². The molecule has 2 aromatic rings. The lowest BCUT2D eigenvalue weighted by Gasteiger charge is -1.97. The second-order valence-electron chi connectivity index (χ2n) is 5.36. The zero-order valence-electron chi connectivity index (χ0n) is 14.5. The van der Waals surface area contributed by atoms with E-state index in [4.69, 9.17) is 14.9 Å². The summed E-state index contributed by atoms with van der Waals surface area (Å²) < 4.78 is 4.97. The van der Waals surface area contributed by atoms with Crippen molar-refractivity contribution in [1.82, 2.24) is 20.6 Å². The van der Waals surface area contributed by atoms with Crippen LogP contribution in [0.15, 0.2) is 36.7 Å². The largest absolute Gasteiger partial charge is 0.497 e. The number of carbonyl (C=O) groups is 1. The maximum Gasteiger partial charge on any atom is 0.405 e. The molecule has 3 rings (SSSR count). The zero-order valence-corrected chi connectivity index (χ0v) is 14.5. The van der Waals surface area contributed by atoms with Gasteiger partial charge in [0.05, 0.1) is 19.8 Å². The van der Waals surface area contributed by atoms with Crippen molar-refractivity contribution in [1.29, 1.82) is 0 Å². The molecule has 138 valence electrons. The van der Waals surface area contributed by atoms with Crippen molar-refractivity contribution in [2.24, 2.45) is 0 Å². The van der Waals surface area contributed by atoms with Crippen molar-refractivity contribution in [2.75, 3.05) is 20.2 Å². The number of aromatic nitrogens is 2. The van der Waals surface area contributed by atoms with E-state index in [0.717, 1.165) is 25.3 Å². The van der Waals surface area contributed by atoms with Crippen LogP contribution in [0.5, 0.6) is 5.75 Å². The fraction of sp³-hybridized carbons (Fsp3) is 0.412. The minimum atomic E-state index is -1.04. The van der Waals surface area contributed by atoms with Gasteiger partial charge >= 0.3 is 6.09 Å². The van der Waals surface area contributed by atoms with Crippen LogP contribution in [-0.4, -0.2) is 52.6 Å². The Morgan fingerprint density at radius 1 is 1.40 bits per heavy atom. The molecule has 0 aliphatic carbocycles. The average molecular weight is 350 g/mol. The zero-order chi connectivity index (χ0) is 18.5. The molecule has 8 nitrogen and oxygen atoms in total. The maximum absolute atomic E-state index is 9.94. The number of aliphatic hydroxyl groups is 1. The van der Waals surface area contributed by atoms with Crippen LogP contribution in [0.2, 0.25) is 0 Å². The van der Waals surface area contributed by atoms with Crippen molar-refractivity contribution in [3.8, 4) is 5.75 Å². The van der Waals surface area contributed by atoms with E-state index >= 15 is 0 Å². The van der Waals surface area contributed by atoms with E-state index in [1.165, 1.54) is 5.56 Å². The number of carboxylic acid groups (broad SMARTS) is 1. The van der Waals surface area contributed by atoms with Gasteiger partial charge in [-0.3, -0.25) is 0 Å². The number of β-amino-alcohol motifs (C(OH)–C–C–N with tert-alkyl or cyclic N) is 1. The van der Waals surface area contributed by atoms with Crippen LogP contribution in [0, 0.1) is 6.92 Å². The van der Waals surface area contributed by atoms with Crippen molar-refractivity contribution >= 4 is 6.09 Å². The molecular formula is C17H26N4O4. The summed E-state index contributed by atoms with van der Waals surface area (Å²) in [5.41, 5.74) is 1.26. The standard InChI is InChI=1S/C8H10O.C5H7N3O2.C4H9NO/c1-7-3-5-8(9-2)6-4-7;9-5(10)8-3-4-6-1-2-7-4;6-4-1-2-5-3-4/h3-6H,1-2H3;1-2,8H,3H2,(H,6,7)(H,9,10);4-6H,1-3H2. The molecule has 1 fully saturated rings. The number of benzene rings is 1. The number of hydrogen-bond donors (Lipinski definition) is 5. The minimum Gasteiger partial charge on any atom is -0.497 e. The number of imidazole rings is 1. The SMILES string of the molecule is COc1ccc(C)cc1.O=C(O)NCc1ncc[nH]1.OC1CCNC1. The summed E-state index contributed by atoms with van der Waals surface area (Å²) in [6.07, 6.45) is 3.03.